The van der Waals surface area contributed by atoms with Crippen molar-refractivity contribution in [2.24, 2.45) is 49.7 Å². The topological polar surface area (TPSA) is 320 Å². The molecule has 0 amide bonds. The maximum Gasteiger partial charge on any atom is 0.373 e. The molecule has 5 rings (SSSR count). The number of fused-ring (bicyclic) bond motifs is 2. The van der Waals surface area contributed by atoms with Gasteiger partial charge in [-0.25, -0.2) is 0 Å². The summed E-state index contributed by atoms with van der Waals surface area (Å²) in [4.78, 5) is 100. The third-order valence-electron chi connectivity index (χ3n) is 28.5. The van der Waals surface area contributed by atoms with Crippen LogP contribution < -0.4 is 4.74 Å². The highest BCUT2D eigenvalue weighted by atomic mass is 16.7. The average molecular weight is 2060 g/mol. The van der Waals surface area contributed by atoms with Gasteiger partial charge in [-0.05, 0) is 295 Å². The highest BCUT2D eigenvalue weighted by Crippen LogP contribution is 2.53. The molecular formula is C118H210O27. The normalized spacial score (nSPS) is 18.1. The molecule has 1 saturated heterocycles. The Morgan fingerprint density at radius 2 is 0.821 bits per heavy atom. The minimum atomic E-state index is -0.513. The molecular weight excluding hydrogens is 1850 g/mol. The molecule has 3 fully saturated rings. The van der Waals surface area contributed by atoms with Crippen LogP contribution >= 0.6 is 0 Å². The summed E-state index contributed by atoms with van der Waals surface area (Å²) >= 11 is 0. The number of ether oxygens (including phenoxy) is 18. The number of methoxy groups -OCH3 is 3. The van der Waals surface area contributed by atoms with Crippen LogP contribution in [0.4, 0.5) is 0 Å². The second-order valence-electron chi connectivity index (χ2n) is 42.6. The SMILES string of the molecule is C=CCOC(=O)C(C)(CC)CCOC(C)OCC.CCC(C)(CCOC(C)(C)C)C(=O)Oc1ccccc1.CCC(C)(CCOCOC)C(=O)OC.CCC(C)(CCOCOCc1ccccc1)C(=O)OC.CCCCCCCCCCCCCCCCCCOC(=O)C(C)(CC)CCOC(C)(C)C.CCOC(=O)C(C)(CC)CCOC1(C)CC2CCC1C2.CCOC(=O)C(C)(CC)CCOC1CCCCO1.O=C=O. The summed E-state index contributed by atoms with van der Waals surface area (Å²) in [6.45, 7) is 63.3. The van der Waals surface area contributed by atoms with Crippen molar-refractivity contribution in [2.45, 2.75) is 454 Å². The Labute approximate surface area is 880 Å². The summed E-state index contributed by atoms with van der Waals surface area (Å²) in [5.74, 6) is 1.20. The predicted molar refractivity (Wildman–Crippen MR) is 575 cm³/mol. The van der Waals surface area contributed by atoms with Crippen molar-refractivity contribution in [3.8, 4) is 5.75 Å². The third-order valence-corrected chi connectivity index (χ3v) is 28.5. The van der Waals surface area contributed by atoms with E-state index in [0.29, 0.717) is 117 Å². The lowest BCUT2D eigenvalue weighted by Gasteiger charge is -2.35. The van der Waals surface area contributed by atoms with Gasteiger partial charge in [-0.15, -0.1) is 0 Å². The molecule has 27 nitrogen and oxygen atoms in total. The van der Waals surface area contributed by atoms with Crippen LogP contribution in [0.2, 0.25) is 0 Å². The molecule has 0 aromatic heterocycles. The molecule has 3 aliphatic rings. The molecule has 2 aliphatic carbocycles. The molecule has 12 atom stereocenters. The lowest BCUT2D eigenvalue weighted by atomic mass is 9.83. The van der Waals surface area contributed by atoms with E-state index in [9.17, 15) is 33.6 Å². The highest BCUT2D eigenvalue weighted by molar-refractivity contribution is 5.80. The second-order valence-corrected chi connectivity index (χ2v) is 42.6. The Hall–Kier alpha value is -6.59. The molecule has 0 spiro atoms. The summed E-state index contributed by atoms with van der Waals surface area (Å²) in [6.07, 6.45) is 41.7. The van der Waals surface area contributed by atoms with Crippen LogP contribution in [0.5, 0.6) is 5.75 Å². The fraction of sp³-hybridized carbons (Fsp3) is 0.814. The zero-order valence-corrected chi connectivity index (χ0v) is 96.9. The Morgan fingerprint density at radius 1 is 0.428 bits per heavy atom. The Kier molecular flexibility index (Phi) is 81.7. The van der Waals surface area contributed by atoms with Crippen LogP contribution in [0.15, 0.2) is 73.3 Å². The van der Waals surface area contributed by atoms with Crippen LogP contribution in [0.3, 0.4) is 0 Å². The van der Waals surface area contributed by atoms with Crippen molar-refractivity contribution >= 4 is 47.9 Å². The minimum Gasteiger partial charge on any atom is -0.469 e. The van der Waals surface area contributed by atoms with E-state index >= 15 is 0 Å². The number of carbonyl (C=O) groups excluding carboxylic acids is 9. The van der Waals surface area contributed by atoms with Crippen LogP contribution in [0, 0.1) is 49.7 Å². The summed E-state index contributed by atoms with van der Waals surface area (Å²) in [7, 11) is 4.39. The van der Waals surface area contributed by atoms with E-state index in [0.717, 1.165) is 107 Å². The molecule has 0 N–H and O–H groups in total. The highest BCUT2D eigenvalue weighted by Gasteiger charge is 2.49. The van der Waals surface area contributed by atoms with E-state index < -0.39 is 37.9 Å². The van der Waals surface area contributed by atoms with Gasteiger partial charge in [0, 0.05) is 40.1 Å². The quantitative estimate of drug-likeness (QED) is 0.0148. The number of hydrogen-bond acceptors (Lipinski definition) is 27. The maximum absolute atomic E-state index is 12.5. The maximum atomic E-state index is 12.5. The number of carbonyl (C=O) groups is 7. The van der Waals surface area contributed by atoms with Crippen LogP contribution in [0.1, 0.15) is 423 Å². The van der Waals surface area contributed by atoms with E-state index in [2.05, 4.69) is 34.3 Å². The molecule has 0 radical (unpaired) electrons. The van der Waals surface area contributed by atoms with Crippen molar-refractivity contribution in [1.29, 1.82) is 0 Å². The van der Waals surface area contributed by atoms with Crippen LogP contribution in [-0.4, -0.2) is 198 Å². The van der Waals surface area contributed by atoms with E-state index in [1.54, 1.807) is 25.3 Å². The summed E-state index contributed by atoms with van der Waals surface area (Å²) in [5.41, 5.74) is -2.37. The van der Waals surface area contributed by atoms with E-state index in [1.807, 2.05) is 201 Å². The zero-order chi connectivity index (χ0) is 110. The van der Waals surface area contributed by atoms with Gasteiger partial charge in [0.1, 0.15) is 25.9 Å². The lowest BCUT2D eigenvalue weighted by molar-refractivity contribution is -0.192. The van der Waals surface area contributed by atoms with Gasteiger partial charge in [-0.2, -0.15) is 9.59 Å². The smallest absolute Gasteiger partial charge is 0.373 e. The van der Waals surface area contributed by atoms with Gasteiger partial charge in [-0.3, -0.25) is 33.6 Å². The zero-order valence-electron chi connectivity index (χ0n) is 96.9. The predicted octanol–water partition coefficient (Wildman–Crippen LogP) is 27.6. The largest absolute Gasteiger partial charge is 0.469 e. The second kappa shape index (κ2) is 83.1. The van der Waals surface area contributed by atoms with Crippen molar-refractivity contribution in [3.05, 3.63) is 78.9 Å². The molecule has 2 saturated carbocycles. The summed E-state index contributed by atoms with van der Waals surface area (Å²) < 4.78 is 96.5. The van der Waals surface area contributed by atoms with Crippen molar-refractivity contribution < 1.29 is 128 Å². The molecule has 844 valence electrons. The van der Waals surface area contributed by atoms with Gasteiger partial charge >= 0.3 is 47.9 Å². The molecule has 2 aromatic rings. The standard InChI is InChI=1S/C29H58O3.C17H30O3.C17H26O3.C16H24O4.2C14H26O4.C10H20O4.CO2/c1-7-9-10-11-12-13-14-15-16-17-18-19-20-21-22-23-25-31-27(30)29(6,8-2)24-26-32-28(3,4)5;1-5-16(3,15(18)19-6-2)9-10-20-17(4)12-13-7-8-14(17)11-13;1-6-17(5,12-13-19-16(2,3)4)15(18)20-14-10-8-7-9-11-14;1-4-16(2,15(17)18-3)10-11-19-13-20-12-14-8-6-5-7-9-14;1-4-14(3,13(15)16-5-2)9-11-18-12-8-6-7-10-17-12;1-6-10-18-13(15)14(5,7-2)9-11-17-12(4)16-8-3;1-5-10(2,9(11)13-4)6-7-14-8-12-3;2-1-3/h7-26H2,1-6H3;13-14H,5-12H2,1-4H3;7-11H,6,12-13H2,1-5H3;5-9H,4,10-13H2,1-3H3;12H,4-11H2,1-3H3;6,12H,1,7-11H2,2-5H3;5-8H2,1-4H3;. The Bertz CT molecular complexity index is 3620. The minimum absolute atomic E-state index is 0.0570. The number of unbranched alkanes of at least 4 members (excludes halogenated alkanes) is 15. The van der Waals surface area contributed by atoms with Gasteiger partial charge in [0.2, 0.25) is 0 Å². The molecule has 1 heterocycles. The van der Waals surface area contributed by atoms with E-state index in [1.165, 1.54) is 136 Å². The van der Waals surface area contributed by atoms with Crippen molar-refractivity contribution in [2.75, 3.05) is 121 Å². The fourth-order valence-electron chi connectivity index (χ4n) is 16.1. The number of esters is 7. The lowest BCUT2D eigenvalue weighted by Crippen LogP contribution is -2.37. The molecule has 2 bridgehead atoms. The third kappa shape index (κ3) is 66.0. The van der Waals surface area contributed by atoms with Gasteiger partial charge in [0.05, 0.1) is 122 Å². The van der Waals surface area contributed by atoms with Gasteiger partial charge < -0.3 is 85.3 Å². The van der Waals surface area contributed by atoms with Gasteiger partial charge in [0.25, 0.3) is 0 Å². The van der Waals surface area contributed by atoms with Crippen LogP contribution in [-0.2, 0) is 130 Å². The van der Waals surface area contributed by atoms with Gasteiger partial charge in [-0.1, -0.05) is 213 Å². The Morgan fingerprint density at radius 3 is 1.21 bits per heavy atom. The van der Waals surface area contributed by atoms with E-state index in [-0.39, 0.29) is 97.5 Å². The van der Waals surface area contributed by atoms with Crippen LogP contribution in [0.25, 0.3) is 0 Å². The first-order valence-corrected chi connectivity index (χ1v) is 55.1. The first-order valence-electron chi connectivity index (χ1n) is 55.1. The van der Waals surface area contributed by atoms with E-state index in [4.69, 9.17) is 94.9 Å². The number of hydrogen-bond donors (Lipinski definition) is 0. The number of benzene rings is 2. The van der Waals surface area contributed by atoms with Crippen molar-refractivity contribution in [3.63, 3.8) is 0 Å². The summed E-state index contributed by atoms with van der Waals surface area (Å²) in [6, 6.07) is 19.1. The molecule has 2 aromatic carbocycles. The molecule has 1 aliphatic heterocycles. The average Bonchev–Trinajstić information content (AvgIpc) is 1.63. The number of rotatable bonds is 68. The first-order chi connectivity index (χ1) is 68.7. The first kappa shape index (κ1) is 143. The fourth-order valence-corrected chi connectivity index (χ4v) is 16.1. The molecule has 27 heteroatoms. The molecule has 12 unspecified atom stereocenters. The Balaban J connectivity index is -0.00000163. The monoisotopic (exact) mass is 2060 g/mol. The molecule has 145 heavy (non-hydrogen) atoms. The summed E-state index contributed by atoms with van der Waals surface area (Å²) in [5, 5.41) is 0. The van der Waals surface area contributed by atoms with Gasteiger partial charge in [0.15, 0.2) is 12.6 Å². The number of para-hydroxylation sites is 1. The van der Waals surface area contributed by atoms with Crippen molar-refractivity contribution in [1.82, 2.24) is 0 Å².